The van der Waals surface area contributed by atoms with E-state index in [1.54, 1.807) is 0 Å². The molecule has 2 heteroatoms. The summed E-state index contributed by atoms with van der Waals surface area (Å²) in [6.07, 6.45) is 10.2. The lowest BCUT2D eigenvalue weighted by Gasteiger charge is -2.40. The highest BCUT2D eigenvalue weighted by atomic mass is 79.9. The van der Waals surface area contributed by atoms with Crippen LogP contribution in [0, 0.1) is 11.3 Å². The molecule has 0 heterocycles. The Bertz CT molecular complexity index is 207. The zero-order valence-corrected chi connectivity index (χ0v) is 12.3. The van der Waals surface area contributed by atoms with Crippen LogP contribution >= 0.6 is 15.9 Å². The third-order valence-electron chi connectivity index (χ3n) is 4.42. The quantitative estimate of drug-likeness (QED) is 0.666. The number of nitrogens with zero attached hydrogens (tertiary/aromatic N) is 1. The molecule has 0 unspecified atom stereocenters. The molecule has 94 valence electrons. The van der Waals surface area contributed by atoms with Crippen molar-refractivity contribution in [2.75, 3.05) is 25.0 Å². The Morgan fingerprint density at radius 1 is 1.19 bits per heavy atom. The molecule has 2 rings (SSSR count). The first-order valence-electron chi connectivity index (χ1n) is 7.06. The van der Waals surface area contributed by atoms with Crippen LogP contribution in [-0.2, 0) is 0 Å². The van der Waals surface area contributed by atoms with Crippen LogP contribution in [0.5, 0.6) is 0 Å². The van der Waals surface area contributed by atoms with Crippen molar-refractivity contribution in [1.29, 1.82) is 0 Å². The number of alkyl halides is 1. The number of hydrogen-bond acceptors (Lipinski definition) is 1. The third-order valence-corrected chi connectivity index (χ3v) is 5.61. The van der Waals surface area contributed by atoms with Gasteiger partial charge in [-0.1, -0.05) is 42.1 Å². The molecule has 0 aromatic rings. The minimum absolute atomic E-state index is 0.600. The number of rotatable bonds is 6. The Morgan fingerprint density at radius 3 is 2.38 bits per heavy atom. The van der Waals surface area contributed by atoms with Crippen LogP contribution in [0.15, 0.2) is 0 Å². The topological polar surface area (TPSA) is 3.24 Å². The van der Waals surface area contributed by atoms with Gasteiger partial charge in [0.05, 0.1) is 0 Å². The molecule has 16 heavy (non-hydrogen) atoms. The average Bonchev–Trinajstić information content (AvgIpc) is 3.13. The van der Waals surface area contributed by atoms with Crippen LogP contribution in [0.2, 0.25) is 0 Å². The highest BCUT2D eigenvalue weighted by Crippen LogP contribution is 2.39. The first-order chi connectivity index (χ1) is 7.78. The summed E-state index contributed by atoms with van der Waals surface area (Å²) in [5.41, 5.74) is 0.600. The lowest BCUT2D eigenvalue weighted by Crippen LogP contribution is -2.41. The molecule has 0 aliphatic heterocycles. The molecule has 0 atom stereocenters. The fourth-order valence-electron chi connectivity index (χ4n) is 3.08. The van der Waals surface area contributed by atoms with Gasteiger partial charge in [0.15, 0.2) is 0 Å². The van der Waals surface area contributed by atoms with E-state index in [9.17, 15) is 0 Å². The van der Waals surface area contributed by atoms with Crippen molar-refractivity contribution in [3.8, 4) is 0 Å². The van der Waals surface area contributed by atoms with Gasteiger partial charge in [-0.05, 0) is 43.6 Å². The fraction of sp³-hybridized carbons (Fsp3) is 1.00. The predicted molar refractivity (Wildman–Crippen MR) is 74.2 cm³/mol. The molecular formula is C14H26BrN. The SMILES string of the molecule is CCN(CC1CC1)CC1(CBr)CCCCC1. The summed E-state index contributed by atoms with van der Waals surface area (Å²) < 4.78 is 0. The van der Waals surface area contributed by atoms with Crippen LogP contribution in [0.4, 0.5) is 0 Å². The van der Waals surface area contributed by atoms with E-state index in [2.05, 4.69) is 27.8 Å². The second-order valence-corrected chi connectivity index (χ2v) is 6.53. The van der Waals surface area contributed by atoms with E-state index in [0.717, 1.165) is 5.92 Å². The Balaban J connectivity index is 1.86. The maximum atomic E-state index is 3.78. The normalized spacial score (nSPS) is 24.9. The molecule has 2 aliphatic carbocycles. The van der Waals surface area contributed by atoms with E-state index in [0.29, 0.717) is 5.41 Å². The van der Waals surface area contributed by atoms with Gasteiger partial charge in [-0.2, -0.15) is 0 Å². The summed E-state index contributed by atoms with van der Waals surface area (Å²) in [5.74, 6) is 1.04. The zero-order chi connectivity index (χ0) is 11.4. The average molecular weight is 288 g/mol. The summed E-state index contributed by atoms with van der Waals surface area (Å²) in [6.45, 7) is 6.27. The monoisotopic (exact) mass is 287 g/mol. The number of hydrogen-bond donors (Lipinski definition) is 0. The molecule has 2 saturated carbocycles. The summed E-state index contributed by atoms with van der Waals surface area (Å²) in [6, 6.07) is 0. The Labute approximate surface area is 109 Å². The summed E-state index contributed by atoms with van der Waals surface area (Å²) >= 11 is 3.78. The first-order valence-corrected chi connectivity index (χ1v) is 8.18. The van der Waals surface area contributed by atoms with Crippen LogP contribution in [0.1, 0.15) is 51.9 Å². The highest BCUT2D eigenvalue weighted by molar-refractivity contribution is 9.09. The summed E-state index contributed by atoms with van der Waals surface area (Å²) in [7, 11) is 0. The van der Waals surface area contributed by atoms with Crippen LogP contribution in [-0.4, -0.2) is 29.9 Å². The minimum atomic E-state index is 0.600. The van der Waals surface area contributed by atoms with Crippen molar-refractivity contribution in [1.82, 2.24) is 4.90 Å². The van der Waals surface area contributed by atoms with Gasteiger partial charge in [0.2, 0.25) is 0 Å². The lowest BCUT2D eigenvalue weighted by molar-refractivity contribution is 0.127. The fourth-order valence-corrected chi connectivity index (χ4v) is 3.82. The van der Waals surface area contributed by atoms with Crippen molar-refractivity contribution < 1.29 is 0 Å². The van der Waals surface area contributed by atoms with Crippen LogP contribution in [0.25, 0.3) is 0 Å². The van der Waals surface area contributed by atoms with Crippen molar-refractivity contribution in [2.24, 2.45) is 11.3 Å². The molecule has 0 amide bonds. The van der Waals surface area contributed by atoms with Gasteiger partial charge < -0.3 is 4.90 Å². The second kappa shape index (κ2) is 5.86. The van der Waals surface area contributed by atoms with Crippen molar-refractivity contribution in [2.45, 2.75) is 51.9 Å². The van der Waals surface area contributed by atoms with E-state index in [4.69, 9.17) is 0 Å². The van der Waals surface area contributed by atoms with E-state index in [1.807, 2.05) is 0 Å². The van der Waals surface area contributed by atoms with E-state index in [-0.39, 0.29) is 0 Å². The smallest absolute Gasteiger partial charge is 0.0100 e. The maximum absolute atomic E-state index is 3.78. The Hall–Kier alpha value is 0.440. The van der Waals surface area contributed by atoms with E-state index >= 15 is 0 Å². The van der Waals surface area contributed by atoms with Gasteiger partial charge in [-0.15, -0.1) is 0 Å². The first kappa shape index (κ1) is 12.9. The molecule has 0 bridgehead atoms. The molecule has 0 radical (unpaired) electrons. The van der Waals surface area contributed by atoms with Gasteiger partial charge in [0.1, 0.15) is 0 Å². The van der Waals surface area contributed by atoms with Crippen molar-refractivity contribution in [3.05, 3.63) is 0 Å². The summed E-state index contributed by atoms with van der Waals surface area (Å²) in [4.78, 5) is 2.71. The minimum Gasteiger partial charge on any atom is -0.303 e. The predicted octanol–water partition coefficient (Wildman–Crippen LogP) is 4.06. The molecule has 0 spiro atoms. The van der Waals surface area contributed by atoms with Crippen molar-refractivity contribution in [3.63, 3.8) is 0 Å². The molecule has 2 fully saturated rings. The van der Waals surface area contributed by atoms with Gasteiger partial charge in [-0.3, -0.25) is 0 Å². The molecule has 1 nitrogen and oxygen atoms in total. The molecule has 2 aliphatic rings. The Morgan fingerprint density at radius 2 is 1.88 bits per heavy atom. The standard InChI is InChI=1S/C14H26BrN/c1-2-16(10-13-6-7-13)12-14(11-15)8-4-3-5-9-14/h13H,2-12H2,1H3. The molecule has 0 aromatic heterocycles. The molecule has 0 saturated heterocycles. The molecular weight excluding hydrogens is 262 g/mol. The lowest BCUT2D eigenvalue weighted by atomic mass is 9.75. The Kier molecular flexibility index (Phi) is 4.72. The van der Waals surface area contributed by atoms with Gasteiger partial charge in [0, 0.05) is 18.4 Å². The van der Waals surface area contributed by atoms with Crippen molar-refractivity contribution >= 4 is 15.9 Å². The van der Waals surface area contributed by atoms with E-state index < -0.39 is 0 Å². The van der Waals surface area contributed by atoms with Gasteiger partial charge in [-0.25, -0.2) is 0 Å². The zero-order valence-electron chi connectivity index (χ0n) is 10.7. The van der Waals surface area contributed by atoms with Gasteiger partial charge >= 0.3 is 0 Å². The van der Waals surface area contributed by atoms with E-state index in [1.165, 1.54) is 69.9 Å². The highest BCUT2D eigenvalue weighted by Gasteiger charge is 2.34. The van der Waals surface area contributed by atoms with Crippen LogP contribution < -0.4 is 0 Å². The molecule has 0 N–H and O–H groups in total. The molecule has 0 aromatic carbocycles. The maximum Gasteiger partial charge on any atom is 0.0100 e. The van der Waals surface area contributed by atoms with Crippen LogP contribution in [0.3, 0.4) is 0 Å². The third kappa shape index (κ3) is 3.46. The van der Waals surface area contributed by atoms with Gasteiger partial charge in [0.25, 0.3) is 0 Å². The second-order valence-electron chi connectivity index (χ2n) is 5.97. The number of halogens is 1. The summed E-state index contributed by atoms with van der Waals surface area (Å²) in [5, 5.41) is 1.21. The largest absolute Gasteiger partial charge is 0.303 e.